The molecular formula is C9H9N2O2. The summed E-state index contributed by atoms with van der Waals surface area (Å²) >= 11 is 0. The van der Waals surface area contributed by atoms with Crippen molar-refractivity contribution in [2.24, 2.45) is 0 Å². The zero-order chi connectivity index (χ0) is 9.68. The molecule has 0 aliphatic heterocycles. The van der Waals surface area contributed by atoms with Gasteiger partial charge in [-0.05, 0) is 18.2 Å². The van der Waals surface area contributed by atoms with E-state index in [9.17, 15) is 9.59 Å². The third-order valence-electron chi connectivity index (χ3n) is 1.27. The molecular weight excluding hydrogens is 168 g/mol. The largest absolute Gasteiger partial charge is 0.325 e. The van der Waals surface area contributed by atoms with Gasteiger partial charge in [-0.15, -0.1) is 0 Å². The van der Waals surface area contributed by atoms with Gasteiger partial charge in [0.1, 0.15) is 0 Å². The molecule has 0 aliphatic carbocycles. The summed E-state index contributed by atoms with van der Waals surface area (Å²) < 4.78 is 0. The molecule has 1 radical (unpaired) electrons. The number of hydrogen-bond donors (Lipinski definition) is 2. The van der Waals surface area contributed by atoms with E-state index in [1.165, 1.54) is 6.92 Å². The van der Waals surface area contributed by atoms with Crippen LogP contribution >= 0.6 is 0 Å². The van der Waals surface area contributed by atoms with Crippen LogP contribution in [0, 0.1) is 6.07 Å². The minimum atomic E-state index is -0.529. The Labute approximate surface area is 75.9 Å². The van der Waals surface area contributed by atoms with Crippen LogP contribution in [-0.2, 0) is 4.79 Å². The van der Waals surface area contributed by atoms with Crippen molar-refractivity contribution in [1.29, 1.82) is 0 Å². The fourth-order valence-electron chi connectivity index (χ4n) is 0.792. The smallest absolute Gasteiger partial charge is 0.308 e. The Morgan fingerprint density at radius 2 is 1.92 bits per heavy atom. The van der Waals surface area contributed by atoms with Crippen LogP contribution in [0.3, 0.4) is 0 Å². The molecule has 4 heteroatoms. The average molecular weight is 177 g/mol. The third-order valence-corrected chi connectivity index (χ3v) is 1.27. The highest BCUT2D eigenvalue weighted by molar-refractivity contribution is 6.00. The molecule has 0 fully saturated rings. The van der Waals surface area contributed by atoms with Crippen LogP contribution in [0.5, 0.6) is 0 Å². The third kappa shape index (κ3) is 3.37. The fraction of sp³-hybridized carbons (Fsp3) is 0.111. The second kappa shape index (κ2) is 4.25. The number of benzene rings is 1. The number of amides is 3. The van der Waals surface area contributed by atoms with Gasteiger partial charge in [0.05, 0.1) is 0 Å². The molecule has 0 atom stereocenters. The SMILES string of the molecule is CC(=O)NC(=O)Nc1cc[c]cc1. The lowest BCUT2D eigenvalue weighted by molar-refractivity contribution is -0.117. The Balaban J connectivity index is 2.50. The van der Waals surface area contributed by atoms with Gasteiger partial charge in [-0.1, -0.05) is 12.1 Å². The average Bonchev–Trinajstić information content (AvgIpc) is 2.04. The number of nitrogens with one attached hydrogen (secondary N) is 2. The van der Waals surface area contributed by atoms with Crippen molar-refractivity contribution in [3.63, 3.8) is 0 Å². The van der Waals surface area contributed by atoms with Crippen LogP contribution in [0.25, 0.3) is 0 Å². The zero-order valence-electron chi connectivity index (χ0n) is 7.13. The van der Waals surface area contributed by atoms with Crippen molar-refractivity contribution < 1.29 is 9.59 Å². The summed E-state index contributed by atoms with van der Waals surface area (Å²) in [7, 11) is 0. The number of carbonyl (C=O) groups is 2. The van der Waals surface area contributed by atoms with E-state index in [0.29, 0.717) is 5.69 Å². The molecule has 0 unspecified atom stereocenters. The summed E-state index contributed by atoms with van der Waals surface area (Å²) in [5, 5.41) is 4.57. The van der Waals surface area contributed by atoms with Crippen LogP contribution in [-0.4, -0.2) is 11.9 Å². The molecule has 67 valence electrons. The first-order valence-electron chi connectivity index (χ1n) is 3.73. The Morgan fingerprint density at radius 1 is 1.31 bits per heavy atom. The lowest BCUT2D eigenvalue weighted by Gasteiger charge is -2.03. The van der Waals surface area contributed by atoms with E-state index in [4.69, 9.17) is 0 Å². The molecule has 4 nitrogen and oxygen atoms in total. The predicted molar refractivity (Wildman–Crippen MR) is 48.1 cm³/mol. The second-order valence-electron chi connectivity index (χ2n) is 2.42. The molecule has 0 aromatic heterocycles. The van der Waals surface area contributed by atoms with Crippen molar-refractivity contribution in [1.82, 2.24) is 5.32 Å². The first-order chi connectivity index (χ1) is 6.18. The van der Waals surface area contributed by atoms with E-state index in [1.807, 2.05) is 0 Å². The number of anilines is 1. The van der Waals surface area contributed by atoms with E-state index in [-0.39, 0.29) is 5.91 Å². The number of urea groups is 1. The van der Waals surface area contributed by atoms with Gasteiger partial charge in [0.2, 0.25) is 5.91 Å². The molecule has 2 N–H and O–H groups in total. The molecule has 0 bridgehead atoms. The molecule has 0 saturated carbocycles. The van der Waals surface area contributed by atoms with Gasteiger partial charge in [-0.3, -0.25) is 10.1 Å². The maximum atomic E-state index is 11.0. The van der Waals surface area contributed by atoms with E-state index in [0.717, 1.165) is 0 Å². The predicted octanol–water partition coefficient (Wildman–Crippen LogP) is 1.15. The van der Waals surface area contributed by atoms with E-state index >= 15 is 0 Å². The van der Waals surface area contributed by atoms with Gasteiger partial charge in [-0.25, -0.2) is 4.79 Å². The normalized spacial score (nSPS) is 9.00. The lowest BCUT2D eigenvalue weighted by Crippen LogP contribution is -2.32. The monoisotopic (exact) mass is 177 g/mol. The van der Waals surface area contributed by atoms with Crippen LogP contribution in [0.4, 0.5) is 10.5 Å². The molecule has 0 heterocycles. The Hall–Kier alpha value is -1.84. The Morgan fingerprint density at radius 3 is 2.46 bits per heavy atom. The molecule has 1 aromatic carbocycles. The van der Waals surface area contributed by atoms with Crippen molar-refractivity contribution >= 4 is 17.6 Å². The maximum absolute atomic E-state index is 11.0. The summed E-state index contributed by atoms with van der Waals surface area (Å²) in [6, 6.07) is 8.98. The van der Waals surface area contributed by atoms with Crippen LogP contribution < -0.4 is 10.6 Å². The quantitative estimate of drug-likeness (QED) is 0.676. The van der Waals surface area contributed by atoms with Crippen LogP contribution in [0.1, 0.15) is 6.92 Å². The Bertz CT molecular complexity index is 309. The van der Waals surface area contributed by atoms with Crippen LogP contribution in [0.2, 0.25) is 0 Å². The van der Waals surface area contributed by atoms with Gasteiger partial charge in [0, 0.05) is 12.6 Å². The lowest BCUT2D eigenvalue weighted by atomic mass is 10.3. The molecule has 1 aromatic rings. The van der Waals surface area contributed by atoms with Gasteiger partial charge < -0.3 is 5.32 Å². The minimum absolute atomic E-state index is 0.389. The maximum Gasteiger partial charge on any atom is 0.325 e. The summed E-state index contributed by atoms with van der Waals surface area (Å²) in [6.45, 7) is 1.28. The topological polar surface area (TPSA) is 58.2 Å². The van der Waals surface area contributed by atoms with E-state index < -0.39 is 6.03 Å². The zero-order valence-corrected chi connectivity index (χ0v) is 7.13. The second-order valence-corrected chi connectivity index (χ2v) is 2.42. The number of carbonyl (C=O) groups excluding carboxylic acids is 2. The molecule has 3 amide bonds. The number of rotatable bonds is 1. The summed E-state index contributed by atoms with van der Waals surface area (Å²) in [4.78, 5) is 21.4. The van der Waals surface area contributed by atoms with Crippen molar-refractivity contribution in [3.05, 3.63) is 30.3 Å². The molecule has 0 aliphatic rings. The number of imide groups is 1. The first kappa shape index (κ1) is 9.25. The van der Waals surface area contributed by atoms with E-state index in [2.05, 4.69) is 16.7 Å². The first-order valence-corrected chi connectivity index (χ1v) is 3.73. The molecule has 0 saturated heterocycles. The van der Waals surface area contributed by atoms with Gasteiger partial charge >= 0.3 is 6.03 Å². The highest BCUT2D eigenvalue weighted by Gasteiger charge is 2.01. The Kier molecular flexibility index (Phi) is 3.03. The summed E-state index contributed by atoms with van der Waals surface area (Å²) in [6.07, 6.45) is 0. The summed E-state index contributed by atoms with van der Waals surface area (Å²) in [5.41, 5.74) is 0.623. The van der Waals surface area contributed by atoms with Gasteiger partial charge in [0.25, 0.3) is 0 Å². The van der Waals surface area contributed by atoms with Crippen LogP contribution in [0.15, 0.2) is 24.3 Å². The van der Waals surface area contributed by atoms with E-state index in [1.54, 1.807) is 24.3 Å². The van der Waals surface area contributed by atoms with Gasteiger partial charge in [-0.2, -0.15) is 0 Å². The molecule has 1 rings (SSSR count). The summed E-state index contributed by atoms with van der Waals surface area (Å²) in [5.74, 6) is -0.389. The minimum Gasteiger partial charge on any atom is -0.308 e. The fourth-order valence-corrected chi connectivity index (χ4v) is 0.792. The standard InChI is InChI=1S/C9H9N2O2/c1-7(12)10-9(13)11-8-5-3-2-4-6-8/h3-6H,1H3,(H2,10,11,12,13). The molecule has 0 spiro atoms. The highest BCUT2D eigenvalue weighted by Crippen LogP contribution is 2.03. The van der Waals surface area contributed by atoms with Crippen molar-refractivity contribution in [3.8, 4) is 0 Å². The van der Waals surface area contributed by atoms with Gasteiger partial charge in [0.15, 0.2) is 0 Å². The van der Waals surface area contributed by atoms with Crippen molar-refractivity contribution in [2.75, 3.05) is 5.32 Å². The highest BCUT2D eigenvalue weighted by atomic mass is 16.2. The molecule has 13 heavy (non-hydrogen) atoms. The van der Waals surface area contributed by atoms with Crippen molar-refractivity contribution in [2.45, 2.75) is 6.92 Å². The number of hydrogen-bond acceptors (Lipinski definition) is 2.